The van der Waals surface area contributed by atoms with E-state index in [0.29, 0.717) is 25.6 Å². The Kier molecular flexibility index (Phi) is 9.78. The van der Waals surface area contributed by atoms with Crippen molar-refractivity contribution in [3.8, 4) is 0 Å². The van der Waals surface area contributed by atoms with Crippen LogP contribution in [0.25, 0.3) is 0 Å². The fourth-order valence-corrected chi connectivity index (χ4v) is 5.78. The van der Waals surface area contributed by atoms with E-state index in [1.165, 1.54) is 0 Å². The minimum Gasteiger partial charge on any atom is -0.373 e. The molecule has 0 aliphatic heterocycles. The Labute approximate surface area is 116 Å². The molecule has 0 heterocycles. The average molecular weight is 303 g/mol. The second-order valence-electron chi connectivity index (χ2n) is 3.10. The Bertz CT molecular complexity index is 168. The summed E-state index contributed by atoms with van der Waals surface area (Å²) >= 11 is 13.2. The van der Waals surface area contributed by atoms with Gasteiger partial charge in [0.05, 0.1) is 4.87 Å². The highest BCUT2D eigenvalue weighted by atomic mass is 32.1. The van der Waals surface area contributed by atoms with Crippen LogP contribution in [0.1, 0.15) is 20.8 Å². The summed E-state index contributed by atoms with van der Waals surface area (Å²) in [5.41, 5.74) is 0. The van der Waals surface area contributed by atoms with E-state index in [1.807, 2.05) is 20.8 Å². The van der Waals surface area contributed by atoms with Crippen molar-refractivity contribution >= 4 is 46.7 Å². The van der Waals surface area contributed by atoms with Crippen molar-refractivity contribution in [3.63, 3.8) is 0 Å². The van der Waals surface area contributed by atoms with E-state index in [2.05, 4.69) is 37.9 Å². The highest BCUT2D eigenvalue weighted by Gasteiger charge is 2.49. The molecule has 0 aliphatic carbocycles. The number of thiol groups is 3. The van der Waals surface area contributed by atoms with Crippen molar-refractivity contribution < 1.29 is 13.3 Å². The largest absolute Gasteiger partial charge is 0.515 e. The van der Waals surface area contributed by atoms with E-state index in [0.717, 1.165) is 0 Å². The summed E-state index contributed by atoms with van der Waals surface area (Å²) in [7, 11) is -2.74. The average Bonchev–Trinajstić information content (AvgIpc) is 2.28. The predicted molar refractivity (Wildman–Crippen MR) is 80.0 cm³/mol. The van der Waals surface area contributed by atoms with Crippen molar-refractivity contribution in [1.29, 1.82) is 0 Å². The van der Waals surface area contributed by atoms with Gasteiger partial charge in [0.25, 0.3) is 0 Å². The highest BCUT2D eigenvalue weighted by molar-refractivity contribution is 7.88. The van der Waals surface area contributed by atoms with Gasteiger partial charge >= 0.3 is 8.80 Å². The highest BCUT2D eigenvalue weighted by Crippen LogP contribution is 2.25. The third-order valence-corrected chi connectivity index (χ3v) is 8.14. The van der Waals surface area contributed by atoms with Gasteiger partial charge in [0, 0.05) is 30.8 Å². The van der Waals surface area contributed by atoms with Gasteiger partial charge < -0.3 is 13.3 Å². The van der Waals surface area contributed by atoms with E-state index in [9.17, 15) is 0 Å². The molecule has 16 heavy (non-hydrogen) atoms. The molecule has 0 amide bonds. The molecule has 0 aliphatic rings. The number of hydrogen-bond acceptors (Lipinski definition) is 6. The van der Waals surface area contributed by atoms with Crippen LogP contribution in [0.4, 0.5) is 0 Å². The Hall–Kier alpha value is 1.15. The van der Waals surface area contributed by atoms with Gasteiger partial charge in [-0.1, -0.05) is 0 Å². The molecule has 0 radical (unpaired) electrons. The van der Waals surface area contributed by atoms with Crippen LogP contribution in [0, 0.1) is 0 Å². The zero-order chi connectivity index (χ0) is 12.6. The van der Waals surface area contributed by atoms with E-state index in [4.69, 9.17) is 13.3 Å². The Morgan fingerprint density at radius 3 is 1.56 bits per heavy atom. The van der Waals surface area contributed by atoms with Crippen LogP contribution in [0.5, 0.6) is 0 Å². The van der Waals surface area contributed by atoms with Crippen LogP contribution >= 0.6 is 37.9 Å². The summed E-state index contributed by atoms with van der Waals surface area (Å²) in [6, 6.07) is 0. The SMILES string of the molecule is CCO[Si](OCC)(OCC)C(S)C(S)CS. The Balaban J connectivity index is 4.82. The smallest absolute Gasteiger partial charge is 0.373 e. The first-order valence-electron chi connectivity index (χ1n) is 5.46. The molecule has 0 fully saturated rings. The van der Waals surface area contributed by atoms with Crippen LogP contribution in [0.2, 0.25) is 0 Å². The standard InChI is InChI=1S/C9H22O3S3Si/c1-4-10-16(11-5-2,12-6-3)9(15)8(14)7-13/h8-9,13-15H,4-7H2,1-3H3. The van der Waals surface area contributed by atoms with E-state index in [-0.39, 0.29) is 10.1 Å². The zero-order valence-corrected chi connectivity index (χ0v) is 13.7. The lowest BCUT2D eigenvalue weighted by Gasteiger charge is -2.34. The molecule has 7 heteroatoms. The maximum absolute atomic E-state index is 5.73. The minimum absolute atomic E-state index is 0.0111. The summed E-state index contributed by atoms with van der Waals surface area (Å²) in [6.45, 7) is 7.43. The Morgan fingerprint density at radius 1 is 0.938 bits per heavy atom. The second-order valence-corrected chi connectivity index (χ2v) is 7.86. The predicted octanol–water partition coefficient (Wildman–Crippen LogP) is 2.10. The van der Waals surface area contributed by atoms with Crippen molar-refractivity contribution in [3.05, 3.63) is 0 Å². The molecule has 3 nitrogen and oxygen atoms in total. The van der Waals surface area contributed by atoms with Gasteiger partial charge in [-0.25, -0.2) is 0 Å². The maximum atomic E-state index is 5.73. The van der Waals surface area contributed by atoms with Crippen molar-refractivity contribution in [2.24, 2.45) is 0 Å². The topological polar surface area (TPSA) is 27.7 Å². The summed E-state index contributed by atoms with van der Waals surface area (Å²) in [5.74, 6) is 0.610. The lowest BCUT2D eigenvalue weighted by molar-refractivity contribution is 0.0699. The quantitative estimate of drug-likeness (QED) is 0.450. The molecule has 0 bridgehead atoms. The molecule has 0 rings (SSSR count). The van der Waals surface area contributed by atoms with Gasteiger partial charge in [0.1, 0.15) is 0 Å². The zero-order valence-electron chi connectivity index (χ0n) is 10.0. The monoisotopic (exact) mass is 302 g/mol. The molecule has 0 aromatic heterocycles. The molecule has 0 saturated carbocycles. The van der Waals surface area contributed by atoms with Gasteiger partial charge in [-0.3, -0.25) is 0 Å². The number of hydrogen-bond donors (Lipinski definition) is 3. The van der Waals surface area contributed by atoms with Crippen molar-refractivity contribution in [2.45, 2.75) is 30.9 Å². The second kappa shape index (κ2) is 9.13. The van der Waals surface area contributed by atoms with Crippen LogP contribution < -0.4 is 0 Å². The summed E-state index contributed by atoms with van der Waals surface area (Å²) in [4.78, 5) is -0.159. The number of rotatable bonds is 9. The molecule has 0 saturated heterocycles. The van der Waals surface area contributed by atoms with Crippen LogP contribution in [-0.4, -0.2) is 44.5 Å². The lowest BCUT2D eigenvalue weighted by atomic mass is 10.5. The van der Waals surface area contributed by atoms with E-state index >= 15 is 0 Å². The van der Waals surface area contributed by atoms with Gasteiger partial charge in [0.2, 0.25) is 0 Å². The molecular weight excluding hydrogens is 280 g/mol. The van der Waals surface area contributed by atoms with Gasteiger partial charge in [-0.15, -0.1) is 0 Å². The van der Waals surface area contributed by atoms with Gasteiger partial charge in [0.15, 0.2) is 0 Å². The molecule has 2 unspecified atom stereocenters. The first kappa shape index (κ1) is 17.1. The molecule has 2 atom stereocenters. The maximum Gasteiger partial charge on any atom is 0.515 e. The molecule has 0 N–H and O–H groups in total. The van der Waals surface area contributed by atoms with Crippen LogP contribution in [0.15, 0.2) is 0 Å². The van der Waals surface area contributed by atoms with Crippen LogP contribution in [0.3, 0.4) is 0 Å². The summed E-state index contributed by atoms with van der Waals surface area (Å²) in [5, 5.41) is -0.0111. The minimum atomic E-state index is -2.74. The lowest BCUT2D eigenvalue weighted by Crippen LogP contribution is -2.57. The fourth-order valence-electron chi connectivity index (χ4n) is 1.32. The third kappa shape index (κ3) is 4.79. The normalized spacial score (nSPS) is 16.1. The first-order valence-corrected chi connectivity index (χ1v) is 8.93. The first-order chi connectivity index (χ1) is 7.57. The van der Waals surface area contributed by atoms with Crippen molar-refractivity contribution in [2.75, 3.05) is 25.6 Å². The molecule has 0 spiro atoms. The van der Waals surface area contributed by atoms with Gasteiger partial charge in [-0.2, -0.15) is 37.9 Å². The van der Waals surface area contributed by atoms with E-state index < -0.39 is 8.80 Å². The van der Waals surface area contributed by atoms with Crippen LogP contribution in [-0.2, 0) is 13.3 Å². The fraction of sp³-hybridized carbons (Fsp3) is 1.00. The Morgan fingerprint density at radius 2 is 1.31 bits per heavy atom. The molecular formula is C9H22O3S3Si. The molecule has 0 aromatic rings. The van der Waals surface area contributed by atoms with E-state index in [1.54, 1.807) is 0 Å². The van der Waals surface area contributed by atoms with Gasteiger partial charge in [-0.05, 0) is 20.8 Å². The van der Waals surface area contributed by atoms with Crippen molar-refractivity contribution in [1.82, 2.24) is 0 Å². The summed E-state index contributed by atoms with van der Waals surface area (Å²) < 4.78 is 17.2. The molecule has 0 aromatic carbocycles. The molecule has 98 valence electrons. The third-order valence-electron chi connectivity index (χ3n) is 1.95. The summed E-state index contributed by atoms with van der Waals surface area (Å²) in [6.07, 6.45) is 0.